The number of nitrogens with zero attached hydrogens (tertiary/aromatic N) is 2. The summed E-state index contributed by atoms with van der Waals surface area (Å²) in [5, 5.41) is 9.31. The molecule has 1 amide bonds. The van der Waals surface area contributed by atoms with Gasteiger partial charge in [0.2, 0.25) is 0 Å². The second-order valence-corrected chi connectivity index (χ2v) is 6.07. The Morgan fingerprint density at radius 2 is 2.00 bits per heavy atom. The predicted molar refractivity (Wildman–Crippen MR) is 80.8 cm³/mol. The first kappa shape index (κ1) is 16.8. The smallest absolute Gasteiger partial charge is 0.329 e. The van der Waals surface area contributed by atoms with Gasteiger partial charge in [0.1, 0.15) is 11.2 Å². The molecule has 112 valence electrons. The molecule has 0 radical (unpaired) electrons. The van der Waals surface area contributed by atoms with Gasteiger partial charge in [0.25, 0.3) is 5.91 Å². The fourth-order valence-corrected chi connectivity index (χ4v) is 2.59. The van der Waals surface area contributed by atoms with Crippen LogP contribution in [0.25, 0.3) is 0 Å². The lowest BCUT2D eigenvalue weighted by Gasteiger charge is -2.34. The summed E-state index contributed by atoms with van der Waals surface area (Å²) in [4.78, 5) is 25.4. The van der Waals surface area contributed by atoms with Gasteiger partial charge >= 0.3 is 5.97 Å². The maximum absolute atomic E-state index is 12.7. The molecule has 0 atom stereocenters. The Morgan fingerprint density at radius 1 is 1.40 bits per heavy atom. The third kappa shape index (κ3) is 3.23. The highest BCUT2D eigenvalue weighted by atomic mass is 79.9. The van der Waals surface area contributed by atoms with E-state index in [1.807, 2.05) is 17.7 Å². The first-order valence-electron chi connectivity index (χ1n) is 6.66. The SMILES string of the molecule is CCCn1cc(Br)cc1C(=O)N(CC)C(C)(C)C(=O)O. The Bertz CT molecular complexity index is 509. The molecule has 20 heavy (non-hydrogen) atoms. The number of aryl methyl sites for hydroxylation is 1. The van der Waals surface area contributed by atoms with Crippen LogP contribution in [0.3, 0.4) is 0 Å². The highest BCUT2D eigenvalue weighted by Gasteiger charge is 2.38. The Kier molecular flexibility index (Phi) is 5.39. The van der Waals surface area contributed by atoms with Crippen LogP contribution in [0.2, 0.25) is 0 Å². The van der Waals surface area contributed by atoms with Gasteiger partial charge in [0.05, 0.1) is 0 Å². The van der Waals surface area contributed by atoms with Crippen molar-refractivity contribution in [2.24, 2.45) is 0 Å². The summed E-state index contributed by atoms with van der Waals surface area (Å²) in [5.74, 6) is -1.28. The lowest BCUT2D eigenvalue weighted by Crippen LogP contribution is -2.53. The Morgan fingerprint density at radius 3 is 2.45 bits per heavy atom. The van der Waals surface area contributed by atoms with E-state index in [1.54, 1.807) is 26.8 Å². The van der Waals surface area contributed by atoms with Crippen LogP contribution in [0.1, 0.15) is 44.6 Å². The lowest BCUT2D eigenvalue weighted by atomic mass is 10.0. The Hall–Kier alpha value is -1.30. The number of carboxylic acid groups (broad SMARTS) is 1. The summed E-state index contributed by atoms with van der Waals surface area (Å²) in [7, 11) is 0. The molecule has 1 aromatic rings. The summed E-state index contributed by atoms with van der Waals surface area (Å²) in [6.07, 6.45) is 2.74. The van der Waals surface area contributed by atoms with Gasteiger partial charge in [-0.3, -0.25) is 4.79 Å². The minimum atomic E-state index is -1.24. The summed E-state index contributed by atoms with van der Waals surface area (Å²) in [6, 6.07) is 1.73. The molecule has 0 unspecified atom stereocenters. The van der Waals surface area contributed by atoms with Crippen LogP contribution >= 0.6 is 15.9 Å². The second kappa shape index (κ2) is 6.43. The van der Waals surface area contributed by atoms with E-state index < -0.39 is 11.5 Å². The number of carboxylic acids is 1. The molecule has 1 aromatic heterocycles. The van der Waals surface area contributed by atoms with Crippen LogP contribution in [0.4, 0.5) is 0 Å². The van der Waals surface area contributed by atoms with Crippen molar-refractivity contribution >= 4 is 27.8 Å². The molecule has 6 heteroatoms. The predicted octanol–water partition coefficient (Wildman–Crippen LogP) is 2.99. The van der Waals surface area contributed by atoms with Crippen molar-refractivity contribution in [2.45, 2.75) is 46.2 Å². The van der Waals surface area contributed by atoms with E-state index in [4.69, 9.17) is 0 Å². The number of halogens is 1. The van der Waals surface area contributed by atoms with Crippen LogP contribution in [0, 0.1) is 0 Å². The zero-order valence-electron chi connectivity index (χ0n) is 12.3. The summed E-state index contributed by atoms with van der Waals surface area (Å²) >= 11 is 3.36. The topological polar surface area (TPSA) is 62.5 Å². The van der Waals surface area contributed by atoms with Gasteiger partial charge in [-0.15, -0.1) is 0 Å². The van der Waals surface area contributed by atoms with Crippen molar-refractivity contribution in [1.82, 2.24) is 9.47 Å². The minimum absolute atomic E-state index is 0.265. The highest BCUT2D eigenvalue weighted by Crippen LogP contribution is 2.22. The maximum Gasteiger partial charge on any atom is 0.329 e. The standard InChI is InChI=1S/C14H21BrN2O3/c1-5-7-16-9-10(15)8-11(16)12(18)17(6-2)14(3,4)13(19)20/h8-9H,5-7H2,1-4H3,(H,19,20). The summed E-state index contributed by atoms with van der Waals surface area (Å²) < 4.78 is 2.67. The van der Waals surface area contributed by atoms with Gasteiger partial charge in [-0.1, -0.05) is 6.92 Å². The fraction of sp³-hybridized carbons (Fsp3) is 0.571. The van der Waals surface area contributed by atoms with Crippen molar-refractivity contribution in [3.8, 4) is 0 Å². The molecule has 0 bridgehead atoms. The third-order valence-corrected chi connectivity index (χ3v) is 3.74. The van der Waals surface area contributed by atoms with Gasteiger partial charge in [-0.05, 0) is 49.2 Å². The molecule has 1 N–H and O–H groups in total. The van der Waals surface area contributed by atoms with E-state index in [1.165, 1.54) is 4.90 Å². The third-order valence-electron chi connectivity index (χ3n) is 3.31. The number of carbonyl (C=O) groups is 2. The number of aliphatic carboxylic acids is 1. The molecule has 0 aliphatic carbocycles. The quantitative estimate of drug-likeness (QED) is 0.862. The van der Waals surface area contributed by atoms with Crippen LogP contribution in [0.5, 0.6) is 0 Å². The van der Waals surface area contributed by atoms with Crippen LogP contribution in [0.15, 0.2) is 16.7 Å². The van der Waals surface area contributed by atoms with Crippen molar-refractivity contribution in [2.75, 3.05) is 6.54 Å². The zero-order valence-corrected chi connectivity index (χ0v) is 13.9. The minimum Gasteiger partial charge on any atom is -0.480 e. The van der Waals surface area contributed by atoms with E-state index >= 15 is 0 Å². The number of carbonyl (C=O) groups excluding carboxylic acids is 1. The molecule has 0 aromatic carbocycles. The molecule has 0 aliphatic heterocycles. The molecule has 0 fully saturated rings. The van der Waals surface area contributed by atoms with Gasteiger partial charge < -0.3 is 14.6 Å². The van der Waals surface area contributed by atoms with Crippen LogP contribution in [-0.4, -0.2) is 38.5 Å². The Balaban J connectivity index is 3.18. The van der Waals surface area contributed by atoms with Gasteiger partial charge in [0.15, 0.2) is 0 Å². The molecule has 5 nitrogen and oxygen atoms in total. The number of rotatable bonds is 6. The molecule has 1 rings (SSSR count). The maximum atomic E-state index is 12.7. The largest absolute Gasteiger partial charge is 0.480 e. The normalized spacial score (nSPS) is 11.4. The molecule has 0 aliphatic rings. The van der Waals surface area contributed by atoms with Crippen LogP contribution < -0.4 is 0 Å². The fourth-order valence-electron chi connectivity index (χ4n) is 2.13. The molecule has 0 spiro atoms. The van der Waals surface area contributed by atoms with Crippen molar-refractivity contribution in [3.05, 3.63) is 22.4 Å². The average Bonchev–Trinajstić information content (AvgIpc) is 2.71. The highest BCUT2D eigenvalue weighted by molar-refractivity contribution is 9.10. The first-order chi connectivity index (χ1) is 9.25. The van der Waals surface area contributed by atoms with Gasteiger partial charge in [-0.2, -0.15) is 0 Å². The summed E-state index contributed by atoms with van der Waals surface area (Å²) in [6.45, 7) is 7.95. The van der Waals surface area contributed by atoms with Crippen molar-refractivity contribution in [1.29, 1.82) is 0 Å². The Labute approximate surface area is 127 Å². The molecular formula is C14H21BrN2O3. The molecule has 0 saturated carbocycles. The van der Waals surface area contributed by atoms with E-state index in [2.05, 4.69) is 15.9 Å². The van der Waals surface area contributed by atoms with Gasteiger partial charge in [-0.25, -0.2) is 4.79 Å². The van der Waals surface area contributed by atoms with E-state index in [9.17, 15) is 14.7 Å². The summed E-state index contributed by atoms with van der Waals surface area (Å²) in [5.41, 5.74) is -0.727. The van der Waals surface area contributed by atoms with E-state index in [-0.39, 0.29) is 5.91 Å². The average molecular weight is 345 g/mol. The van der Waals surface area contributed by atoms with Crippen molar-refractivity contribution < 1.29 is 14.7 Å². The van der Waals surface area contributed by atoms with Crippen molar-refractivity contribution in [3.63, 3.8) is 0 Å². The number of aromatic nitrogens is 1. The van der Waals surface area contributed by atoms with Crippen LogP contribution in [-0.2, 0) is 11.3 Å². The molecule has 1 heterocycles. The van der Waals surface area contributed by atoms with E-state index in [0.717, 1.165) is 17.4 Å². The number of amides is 1. The number of likely N-dealkylation sites (N-methyl/N-ethyl adjacent to an activating group) is 1. The zero-order chi connectivity index (χ0) is 15.5. The monoisotopic (exact) mass is 344 g/mol. The van der Waals surface area contributed by atoms with Gasteiger partial charge in [0, 0.05) is 23.8 Å². The first-order valence-corrected chi connectivity index (χ1v) is 7.46. The molecule has 0 saturated heterocycles. The number of hydrogen-bond acceptors (Lipinski definition) is 2. The molecular weight excluding hydrogens is 324 g/mol. The second-order valence-electron chi connectivity index (χ2n) is 5.15. The lowest BCUT2D eigenvalue weighted by molar-refractivity contribution is -0.147. The van der Waals surface area contributed by atoms with E-state index in [0.29, 0.717) is 12.2 Å². The number of hydrogen-bond donors (Lipinski definition) is 1.